The van der Waals surface area contributed by atoms with Gasteiger partial charge in [0.1, 0.15) is 11.0 Å². The van der Waals surface area contributed by atoms with Crippen molar-refractivity contribution in [2.75, 3.05) is 6.61 Å². The second kappa shape index (κ2) is 4.54. The van der Waals surface area contributed by atoms with E-state index in [-0.39, 0.29) is 17.3 Å². The molecule has 1 rings (SSSR count). The molecule has 0 spiro atoms. The third-order valence-corrected chi connectivity index (χ3v) is 1.97. The largest absolute Gasteiger partial charge is 0.394 e. The molecule has 5 nitrogen and oxygen atoms in total. The van der Waals surface area contributed by atoms with Crippen LogP contribution in [0.3, 0.4) is 0 Å². The van der Waals surface area contributed by atoms with Crippen molar-refractivity contribution in [3.63, 3.8) is 0 Å². The molecule has 0 aliphatic carbocycles. The van der Waals surface area contributed by atoms with Crippen molar-refractivity contribution in [2.24, 2.45) is 0 Å². The molecule has 14 heavy (non-hydrogen) atoms. The van der Waals surface area contributed by atoms with Gasteiger partial charge >= 0.3 is 0 Å². The molecule has 6 heteroatoms. The first-order chi connectivity index (χ1) is 6.54. The molecule has 0 aliphatic heterocycles. The Kier molecular flexibility index (Phi) is 3.62. The Morgan fingerprint density at radius 2 is 2.36 bits per heavy atom. The Hall–Kier alpha value is -0.910. The van der Waals surface area contributed by atoms with E-state index in [2.05, 4.69) is 4.98 Å². The molecule has 0 fully saturated rings. The van der Waals surface area contributed by atoms with Crippen molar-refractivity contribution in [3.05, 3.63) is 27.4 Å². The second-order valence-electron chi connectivity index (χ2n) is 2.91. The number of hydrogen-bond donors (Lipinski definition) is 2. The average Bonchev–Trinajstić information content (AvgIpc) is 2.10. The van der Waals surface area contributed by atoms with Gasteiger partial charge in [-0.15, -0.1) is 0 Å². The predicted molar refractivity (Wildman–Crippen MR) is 51.3 cm³/mol. The number of aromatic nitrogens is 2. The third-order valence-electron chi connectivity index (χ3n) is 1.77. The van der Waals surface area contributed by atoms with Gasteiger partial charge in [-0.1, -0.05) is 11.6 Å². The summed E-state index contributed by atoms with van der Waals surface area (Å²) in [5.74, 6) is 0.412. The fraction of sp³-hybridized carbons (Fsp3) is 0.500. The molecular weight excluding hydrogens is 208 g/mol. The number of aryl methyl sites for hydroxylation is 1. The van der Waals surface area contributed by atoms with Crippen LogP contribution in [0.4, 0.5) is 0 Å². The lowest BCUT2D eigenvalue weighted by molar-refractivity contribution is 0.0796. The molecule has 2 N–H and O–H groups in total. The monoisotopic (exact) mass is 218 g/mol. The third kappa shape index (κ3) is 2.54. The molecule has 1 aromatic heterocycles. The minimum Gasteiger partial charge on any atom is -0.394 e. The fourth-order valence-electron chi connectivity index (χ4n) is 1.08. The molecule has 0 bridgehead atoms. The van der Waals surface area contributed by atoms with Gasteiger partial charge in [-0.2, -0.15) is 0 Å². The summed E-state index contributed by atoms with van der Waals surface area (Å²) in [6.45, 7) is 1.23. The molecule has 1 unspecified atom stereocenters. The SMILES string of the molecule is Cc1nc(Cl)cc(=O)n1CC(O)CO. The molecule has 0 aromatic carbocycles. The van der Waals surface area contributed by atoms with E-state index in [4.69, 9.17) is 21.8 Å². The molecule has 0 aliphatic rings. The molecule has 0 saturated heterocycles. The smallest absolute Gasteiger partial charge is 0.255 e. The van der Waals surface area contributed by atoms with E-state index in [1.165, 1.54) is 10.6 Å². The van der Waals surface area contributed by atoms with Crippen LogP contribution in [0.2, 0.25) is 5.15 Å². The van der Waals surface area contributed by atoms with Crippen LogP contribution < -0.4 is 5.56 Å². The van der Waals surface area contributed by atoms with Gasteiger partial charge < -0.3 is 10.2 Å². The summed E-state index contributed by atoms with van der Waals surface area (Å²) < 4.78 is 1.26. The quantitative estimate of drug-likeness (QED) is 0.675. The zero-order chi connectivity index (χ0) is 10.7. The second-order valence-corrected chi connectivity index (χ2v) is 3.30. The lowest BCUT2D eigenvalue weighted by Gasteiger charge is -2.11. The van der Waals surface area contributed by atoms with Gasteiger partial charge in [0.05, 0.1) is 19.3 Å². The van der Waals surface area contributed by atoms with Gasteiger partial charge in [-0.05, 0) is 6.92 Å². The lowest BCUT2D eigenvalue weighted by Crippen LogP contribution is -2.30. The maximum absolute atomic E-state index is 11.4. The van der Waals surface area contributed by atoms with E-state index in [1.807, 2.05) is 0 Å². The summed E-state index contributed by atoms with van der Waals surface area (Å²) in [7, 11) is 0. The van der Waals surface area contributed by atoms with Crippen molar-refractivity contribution in [2.45, 2.75) is 19.6 Å². The van der Waals surface area contributed by atoms with Crippen LogP contribution in [-0.4, -0.2) is 32.5 Å². The van der Waals surface area contributed by atoms with Gasteiger partial charge in [-0.25, -0.2) is 4.98 Å². The van der Waals surface area contributed by atoms with Crippen LogP contribution in [0.15, 0.2) is 10.9 Å². The summed E-state index contributed by atoms with van der Waals surface area (Å²) in [6, 6.07) is 1.17. The zero-order valence-electron chi connectivity index (χ0n) is 7.64. The van der Waals surface area contributed by atoms with Crippen molar-refractivity contribution >= 4 is 11.6 Å². The Morgan fingerprint density at radius 3 is 2.86 bits per heavy atom. The van der Waals surface area contributed by atoms with E-state index < -0.39 is 12.7 Å². The van der Waals surface area contributed by atoms with Crippen molar-refractivity contribution in [3.8, 4) is 0 Å². The molecule has 78 valence electrons. The molecule has 0 radical (unpaired) electrons. The number of hydrogen-bond acceptors (Lipinski definition) is 4. The van der Waals surface area contributed by atoms with Crippen LogP contribution in [-0.2, 0) is 6.54 Å². The van der Waals surface area contributed by atoms with Crippen molar-refractivity contribution in [1.82, 2.24) is 9.55 Å². The van der Waals surface area contributed by atoms with Gasteiger partial charge in [0.2, 0.25) is 0 Å². The van der Waals surface area contributed by atoms with Gasteiger partial charge in [0, 0.05) is 6.07 Å². The minimum absolute atomic E-state index is 0.0192. The fourth-order valence-corrected chi connectivity index (χ4v) is 1.29. The van der Waals surface area contributed by atoms with Crippen molar-refractivity contribution in [1.29, 1.82) is 0 Å². The van der Waals surface area contributed by atoms with E-state index in [0.29, 0.717) is 5.82 Å². The number of aliphatic hydroxyl groups is 2. The molecule has 1 heterocycles. The van der Waals surface area contributed by atoms with Crippen molar-refractivity contribution < 1.29 is 10.2 Å². The van der Waals surface area contributed by atoms with Crippen LogP contribution in [0, 0.1) is 6.92 Å². The molecule has 0 amide bonds. The minimum atomic E-state index is -0.964. The zero-order valence-corrected chi connectivity index (χ0v) is 8.40. The summed E-state index contributed by atoms with van der Waals surface area (Å²) in [5.41, 5.74) is -0.338. The molecular formula is C8H11ClN2O3. The first kappa shape index (κ1) is 11.2. The molecule has 1 atom stereocenters. The standard InChI is InChI=1S/C8H11ClN2O3/c1-5-10-7(9)2-8(14)11(5)3-6(13)4-12/h2,6,12-13H,3-4H2,1H3. The lowest BCUT2D eigenvalue weighted by atomic mass is 10.3. The van der Waals surface area contributed by atoms with Crippen LogP contribution in [0.5, 0.6) is 0 Å². The van der Waals surface area contributed by atoms with E-state index >= 15 is 0 Å². The number of rotatable bonds is 3. The Balaban J connectivity index is 3.03. The number of aliphatic hydroxyl groups excluding tert-OH is 2. The van der Waals surface area contributed by atoms with Gasteiger partial charge in [-0.3, -0.25) is 9.36 Å². The highest BCUT2D eigenvalue weighted by Crippen LogP contribution is 2.01. The maximum Gasteiger partial charge on any atom is 0.255 e. The van der Waals surface area contributed by atoms with Gasteiger partial charge in [0.25, 0.3) is 5.56 Å². The van der Waals surface area contributed by atoms with E-state index in [0.717, 1.165) is 0 Å². The highest BCUT2D eigenvalue weighted by Gasteiger charge is 2.08. The molecule has 1 aromatic rings. The van der Waals surface area contributed by atoms with Crippen LogP contribution in [0.25, 0.3) is 0 Å². The summed E-state index contributed by atoms with van der Waals surface area (Å²) in [6.07, 6.45) is -0.964. The highest BCUT2D eigenvalue weighted by atomic mass is 35.5. The topological polar surface area (TPSA) is 75.4 Å². The first-order valence-electron chi connectivity index (χ1n) is 4.07. The number of halogens is 1. The van der Waals surface area contributed by atoms with E-state index in [9.17, 15) is 4.79 Å². The molecule has 0 saturated carbocycles. The normalized spacial score (nSPS) is 12.9. The predicted octanol–water partition coefficient (Wildman–Crippen LogP) is -0.442. The Morgan fingerprint density at radius 1 is 1.71 bits per heavy atom. The van der Waals surface area contributed by atoms with Crippen LogP contribution >= 0.6 is 11.6 Å². The highest BCUT2D eigenvalue weighted by molar-refractivity contribution is 6.29. The first-order valence-corrected chi connectivity index (χ1v) is 4.45. The summed E-state index contributed by atoms with van der Waals surface area (Å²) in [5, 5.41) is 17.9. The average molecular weight is 219 g/mol. The summed E-state index contributed by atoms with van der Waals surface area (Å²) >= 11 is 5.56. The van der Waals surface area contributed by atoms with Gasteiger partial charge in [0.15, 0.2) is 0 Å². The number of nitrogens with zero attached hydrogens (tertiary/aromatic N) is 2. The van der Waals surface area contributed by atoms with Crippen LogP contribution in [0.1, 0.15) is 5.82 Å². The van der Waals surface area contributed by atoms with E-state index in [1.54, 1.807) is 6.92 Å². The Labute approximate surface area is 85.6 Å². The maximum atomic E-state index is 11.4. The summed E-state index contributed by atoms with van der Waals surface area (Å²) in [4.78, 5) is 15.2. The Bertz CT molecular complexity index is 377.